The summed E-state index contributed by atoms with van der Waals surface area (Å²) in [5.41, 5.74) is -0.604. The molecule has 2 aliphatic rings. The van der Waals surface area contributed by atoms with Gasteiger partial charge in [-0.15, -0.1) is 0 Å². The first kappa shape index (κ1) is 15.8. The smallest absolute Gasteiger partial charge is 0.411 e. The number of piperidine rings is 2. The second-order valence-corrected chi connectivity index (χ2v) is 6.70. The largest absolute Gasteiger partial charge is 0.468 e. The fourth-order valence-corrected chi connectivity index (χ4v) is 3.16. The molecule has 6 nitrogen and oxygen atoms in total. The third kappa shape index (κ3) is 3.19. The molecule has 0 saturated carbocycles. The Morgan fingerprint density at radius 2 is 1.90 bits per heavy atom. The van der Waals surface area contributed by atoms with Gasteiger partial charge in [0, 0.05) is 6.04 Å². The van der Waals surface area contributed by atoms with Crippen molar-refractivity contribution in [3.05, 3.63) is 0 Å². The Kier molecular flexibility index (Phi) is 4.25. The fraction of sp³-hybridized carbons (Fsp3) is 0.800. The van der Waals surface area contributed by atoms with Gasteiger partial charge in [-0.05, 0) is 46.5 Å². The molecule has 0 aromatic heterocycles. The third-order valence-electron chi connectivity index (χ3n) is 4.01. The van der Waals surface area contributed by atoms with Gasteiger partial charge in [0.25, 0.3) is 0 Å². The molecule has 2 fully saturated rings. The summed E-state index contributed by atoms with van der Waals surface area (Å²) in [6, 6.07) is -0.683. The van der Waals surface area contributed by atoms with Gasteiger partial charge < -0.3 is 9.47 Å². The van der Waals surface area contributed by atoms with Gasteiger partial charge in [0.05, 0.1) is 13.2 Å². The van der Waals surface area contributed by atoms with Crippen molar-refractivity contribution < 1.29 is 23.9 Å². The monoisotopic (exact) mass is 297 g/mol. The zero-order valence-electron chi connectivity index (χ0n) is 13.0. The summed E-state index contributed by atoms with van der Waals surface area (Å²) >= 11 is 0. The lowest BCUT2D eigenvalue weighted by atomic mass is 9.77. The van der Waals surface area contributed by atoms with Crippen LogP contribution in [0.5, 0.6) is 0 Å². The quantitative estimate of drug-likeness (QED) is 0.546. The molecule has 21 heavy (non-hydrogen) atoms. The van der Waals surface area contributed by atoms with Crippen molar-refractivity contribution in [2.24, 2.45) is 5.92 Å². The Hall–Kier alpha value is -1.59. The summed E-state index contributed by atoms with van der Waals surface area (Å²) in [7, 11) is 1.28. The number of amides is 1. The van der Waals surface area contributed by atoms with Gasteiger partial charge >= 0.3 is 12.1 Å². The first-order valence-electron chi connectivity index (χ1n) is 7.37. The van der Waals surface area contributed by atoms with E-state index in [1.165, 1.54) is 12.0 Å². The van der Waals surface area contributed by atoms with Crippen molar-refractivity contribution >= 4 is 17.8 Å². The molecule has 0 aromatic carbocycles. The van der Waals surface area contributed by atoms with Gasteiger partial charge in [0.1, 0.15) is 11.5 Å². The molecule has 0 aliphatic carbocycles. The van der Waals surface area contributed by atoms with Gasteiger partial charge in [-0.2, -0.15) is 0 Å². The summed E-state index contributed by atoms with van der Waals surface area (Å²) in [4.78, 5) is 38.1. The van der Waals surface area contributed by atoms with E-state index in [0.29, 0.717) is 12.8 Å². The highest BCUT2D eigenvalue weighted by Crippen LogP contribution is 2.36. The number of methoxy groups -OCH3 is 1. The molecule has 0 N–H and O–H groups in total. The number of ketones is 1. The number of Topliss-reactive ketones (excluding diaryl/α,β-unsaturated/α-hetero) is 1. The van der Waals surface area contributed by atoms with Crippen molar-refractivity contribution in [3.63, 3.8) is 0 Å². The summed E-state index contributed by atoms with van der Waals surface area (Å²) in [6.07, 6.45) is 2.13. The molecule has 2 saturated heterocycles. The third-order valence-corrected chi connectivity index (χ3v) is 4.01. The summed E-state index contributed by atoms with van der Waals surface area (Å²) in [5, 5.41) is 0. The first-order valence-corrected chi connectivity index (χ1v) is 7.37. The number of ether oxygens (including phenoxy) is 2. The molecule has 3 atom stereocenters. The number of rotatable bonds is 1. The van der Waals surface area contributed by atoms with Crippen LogP contribution in [0, 0.1) is 5.92 Å². The molecule has 0 unspecified atom stereocenters. The van der Waals surface area contributed by atoms with E-state index >= 15 is 0 Å². The summed E-state index contributed by atoms with van der Waals surface area (Å²) in [5.74, 6) is -1.46. The van der Waals surface area contributed by atoms with Gasteiger partial charge in [-0.25, -0.2) is 4.79 Å². The Morgan fingerprint density at radius 1 is 1.24 bits per heavy atom. The van der Waals surface area contributed by atoms with Gasteiger partial charge in [-0.3, -0.25) is 14.5 Å². The molecular weight excluding hydrogens is 274 g/mol. The van der Waals surface area contributed by atoms with E-state index in [0.717, 1.165) is 12.8 Å². The highest BCUT2D eigenvalue weighted by atomic mass is 16.6. The van der Waals surface area contributed by atoms with Crippen LogP contribution in [0.25, 0.3) is 0 Å². The van der Waals surface area contributed by atoms with Gasteiger partial charge in [-0.1, -0.05) is 0 Å². The lowest BCUT2D eigenvalue weighted by Gasteiger charge is -2.46. The predicted molar refractivity (Wildman–Crippen MR) is 74.6 cm³/mol. The predicted octanol–water partition coefficient (Wildman–Crippen LogP) is 1.91. The standard InChI is InChI=1S/C15H23NO5/c1-15(2,3)21-14(19)16-9-6-5-7-11(16)12(17)10(8-9)13(18)20-4/h9-11H,5-8H2,1-4H3/t9-,10+,11+/m1/s1. The Labute approximate surface area is 124 Å². The average Bonchev–Trinajstić information content (AvgIpc) is 2.39. The SMILES string of the molecule is COC(=O)[C@H]1C[C@H]2CCC[C@@H](C1=O)N2C(=O)OC(C)(C)C. The van der Waals surface area contributed by atoms with Gasteiger partial charge in [0.2, 0.25) is 0 Å². The maximum absolute atomic E-state index is 12.5. The zero-order chi connectivity index (χ0) is 15.8. The number of hydrogen-bond donors (Lipinski definition) is 0. The second kappa shape index (κ2) is 5.66. The van der Waals surface area contributed by atoms with E-state index in [1.54, 1.807) is 20.8 Å². The highest BCUT2D eigenvalue weighted by molar-refractivity contribution is 6.03. The van der Waals surface area contributed by atoms with Crippen molar-refractivity contribution in [3.8, 4) is 0 Å². The minimum Gasteiger partial charge on any atom is -0.468 e. The number of hydrogen-bond acceptors (Lipinski definition) is 5. The van der Waals surface area contributed by atoms with Crippen LogP contribution in [0.4, 0.5) is 4.79 Å². The van der Waals surface area contributed by atoms with Crippen LogP contribution in [-0.4, -0.2) is 47.5 Å². The number of carbonyl (C=O) groups is 3. The molecule has 0 radical (unpaired) electrons. The van der Waals surface area contributed by atoms with Gasteiger partial charge in [0.15, 0.2) is 5.78 Å². The van der Waals surface area contributed by atoms with Crippen LogP contribution in [0.2, 0.25) is 0 Å². The van der Waals surface area contributed by atoms with Crippen LogP contribution in [0.15, 0.2) is 0 Å². The molecule has 2 bridgehead atoms. The number of fused-ring (bicyclic) bond motifs is 2. The minimum absolute atomic E-state index is 0.125. The van der Waals surface area contributed by atoms with Crippen LogP contribution in [-0.2, 0) is 19.1 Å². The Balaban J connectivity index is 2.20. The number of carbonyl (C=O) groups excluding carboxylic acids is 3. The van der Waals surface area contributed by atoms with E-state index in [-0.39, 0.29) is 11.8 Å². The molecule has 2 aliphatic heterocycles. The number of nitrogens with zero attached hydrogens (tertiary/aromatic N) is 1. The van der Waals surface area contributed by atoms with Crippen LogP contribution in [0.1, 0.15) is 46.5 Å². The normalized spacial score (nSPS) is 29.0. The maximum atomic E-state index is 12.5. The average molecular weight is 297 g/mol. The topological polar surface area (TPSA) is 72.9 Å². The van der Waals surface area contributed by atoms with Crippen LogP contribution in [0.3, 0.4) is 0 Å². The van der Waals surface area contributed by atoms with Crippen LogP contribution < -0.4 is 0 Å². The number of esters is 1. The molecule has 2 rings (SSSR count). The van der Waals surface area contributed by atoms with Crippen molar-refractivity contribution in [1.29, 1.82) is 0 Å². The zero-order valence-corrected chi connectivity index (χ0v) is 13.0. The first-order chi connectivity index (χ1) is 9.74. The lowest BCUT2D eigenvalue weighted by molar-refractivity contribution is -0.156. The lowest BCUT2D eigenvalue weighted by Crippen LogP contribution is -2.61. The molecule has 118 valence electrons. The summed E-state index contributed by atoms with van der Waals surface area (Å²) < 4.78 is 10.1. The van der Waals surface area contributed by atoms with E-state index in [4.69, 9.17) is 9.47 Å². The van der Waals surface area contributed by atoms with Crippen molar-refractivity contribution in [2.75, 3.05) is 7.11 Å². The van der Waals surface area contributed by atoms with Crippen molar-refractivity contribution in [2.45, 2.75) is 64.1 Å². The van der Waals surface area contributed by atoms with Crippen LogP contribution >= 0.6 is 0 Å². The van der Waals surface area contributed by atoms with E-state index in [9.17, 15) is 14.4 Å². The van der Waals surface area contributed by atoms with E-state index in [1.807, 2.05) is 0 Å². The highest BCUT2D eigenvalue weighted by Gasteiger charge is 2.50. The fourth-order valence-electron chi connectivity index (χ4n) is 3.16. The minimum atomic E-state index is -0.746. The molecule has 0 aromatic rings. The van der Waals surface area contributed by atoms with E-state index in [2.05, 4.69) is 0 Å². The second-order valence-electron chi connectivity index (χ2n) is 6.70. The summed E-state index contributed by atoms with van der Waals surface area (Å²) in [6.45, 7) is 5.39. The van der Waals surface area contributed by atoms with E-state index < -0.39 is 29.6 Å². The maximum Gasteiger partial charge on any atom is 0.411 e. The Morgan fingerprint density at radius 3 is 2.48 bits per heavy atom. The molecule has 6 heteroatoms. The van der Waals surface area contributed by atoms with Crippen molar-refractivity contribution in [1.82, 2.24) is 4.90 Å². The molecule has 2 heterocycles. The molecular formula is C15H23NO5. The molecule has 1 amide bonds. The molecule has 0 spiro atoms. The Bertz CT molecular complexity index is 453.